The highest BCUT2D eigenvalue weighted by Crippen LogP contribution is 2.29. The van der Waals surface area contributed by atoms with Crippen LogP contribution in [0.25, 0.3) is 0 Å². The van der Waals surface area contributed by atoms with Crippen LogP contribution in [0.3, 0.4) is 0 Å². The van der Waals surface area contributed by atoms with E-state index in [1.165, 1.54) is 19.3 Å². The second-order valence-corrected chi connectivity index (χ2v) is 5.97. The van der Waals surface area contributed by atoms with Gasteiger partial charge in [-0.3, -0.25) is 0 Å². The highest BCUT2D eigenvalue weighted by atomic mass is 35.5. The van der Waals surface area contributed by atoms with E-state index in [9.17, 15) is 0 Å². The predicted molar refractivity (Wildman–Crippen MR) is 90.5 cm³/mol. The zero-order chi connectivity index (χ0) is 15.1. The topological polar surface area (TPSA) is 21.7 Å². The Bertz CT molecular complexity index is 475. The summed E-state index contributed by atoms with van der Waals surface area (Å²) in [5.74, 6) is 1.34. The third-order valence-electron chi connectivity index (χ3n) is 3.48. The summed E-state index contributed by atoms with van der Waals surface area (Å²) in [6.07, 6.45) is 5.72. The van der Waals surface area contributed by atoms with Crippen LogP contribution in [0.1, 0.15) is 39.0 Å². The monoisotopic (exact) mass is 327 g/mol. The molecule has 1 aliphatic heterocycles. The Morgan fingerprint density at radius 3 is 2.76 bits per heavy atom. The number of rotatable bonds is 6. The van der Waals surface area contributed by atoms with E-state index in [1.807, 2.05) is 12.1 Å². The smallest absolute Gasteiger partial charge is 0.264 e. The van der Waals surface area contributed by atoms with E-state index >= 15 is 0 Å². The molecule has 2 rings (SSSR count). The van der Waals surface area contributed by atoms with Crippen molar-refractivity contribution in [2.24, 2.45) is 0 Å². The van der Waals surface area contributed by atoms with Gasteiger partial charge in [-0.2, -0.15) is 0 Å². The lowest BCUT2D eigenvalue weighted by Crippen LogP contribution is -2.30. The molecule has 0 unspecified atom stereocenters. The van der Waals surface area contributed by atoms with Crippen molar-refractivity contribution in [2.45, 2.75) is 39.0 Å². The van der Waals surface area contributed by atoms with Gasteiger partial charge in [0.05, 0.1) is 11.6 Å². The summed E-state index contributed by atoms with van der Waals surface area (Å²) < 4.78 is 11.5. The first kappa shape index (κ1) is 16.4. The van der Waals surface area contributed by atoms with Crippen molar-refractivity contribution in [2.75, 3.05) is 19.7 Å². The lowest BCUT2D eigenvalue weighted by molar-refractivity contribution is 0.305. The maximum atomic E-state index is 6.15. The number of hydrogen-bond donors (Lipinski definition) is 0. The van der Waals surface area contributed by atoms with E-state index < -0.39 is 0 Å². The van der Waals surface area contributed by atoms with E-state index in [0.29, 0.717) is 28.3 Å². The fraction of sp³-hybridized carbons (Fsp3) is 0.562. The van der Waals surface area contributed by atoms with Gasteiger partial charge in [-0.25, -0.2) is 0 Å². The van der Waals surface area contributed by atoms with Gasteiger partial charge in [0.2, 0.25) is 0 Å². The van der Waals surface area contributed by atoms with Crippen LogP contribution < -0.4 is 9.47 Å². The van der Waals surface area contributed by atoms with Crippen LogP contribution in [0, 0.1) is 0 Å². The van der Waals surface area contributed by atoms with Crippen LogP contribution in [0.4, 0.5) is 0 Å². The molecule has 1 aliphatic rings. The van der Waals surface area contributed by atoms with Crippen molar-refractivity contribution in [3.63, 3.8) is 0 Å². The zero-order valence-electron chi connectivity index (χ0n) is 12.4. The molecule has 1 heterocycles. The highest BCUT2D eigenvalue weighted by molar-refractivity contribution is 7.80. The van der Waals surface area contributed by atoms with Crippen molar-refractivity contribution in [1.29, 1.82) is 0 Å². The molecule has 21 heavy (non-hydrogen) atoms. The number of ether oxygens (including phenoxy) is 2. The quantitative estimate of drug-likeness (QED) is 0.559. The van der Waals surface area contributed by atoms with Crippen molar-refractivity contribution >= 4 is 29.0 Å². The van der Waals surface area contributed by atoms with E-state index in [0.717, 1.165) is 25.9 Å². The van der Waals surface area contributed by atoms with Crippen LogP contribution in [-0.4, -0.2) is 29.8 Å². The molecule has 0 atom stereocenters. The van der Waals surface area contributed by atoms with E-state index in [2.05, 4.69) is 11.8 Å². The molecule has 116 valence electrons. The van der Waals surface area contributed by atoms with Crippen LogP contribution in [0.5, 0.6) is 11.5 Å². The second-order valence-electron chi connectivity index (χ2n) is 5.21. The molecule has 0 bridgehead atoms. The molecule has 1 saturated heterocycles. The molecule has 0 aromatic heterocycles. The summed E-state index contributed by atoms with van der Waals surface area (Å²) in [6.45, 7) is 4.80. The third-order valence-corrected chi connectivity index (χ3v) is 4.13. The lowest BCUT2D eigenvalue weighted by atomic mass is 10.2. The molecular weight excluding hydrogens is 306 g/mol. The Labute approximate surface area is 137 Å². The highest BCUT2D eigenvalue weighted by Gasteiger charge is 2.16. The zero-order valence-corrected chi connectivity index (χ0v) is 14.0. The number of unbranched alkanes of at least 4 members (excludes halogenated alkanes) is 2. The molecule has 0 aliphatic carbocycles. The average Bonchev–Trinajstić information content (AvgIpc) is 3.01. The molecule has 0 radical (unpaired) electrons. The first-order valence-electron chi connectivity index (χ1n) is 7.60. The maximum absolute atomic E-state index is 6.15. The fourth-order valence-electron chi connectivity index (χ4n) is 2.26. The first-order valence-corrected chi connectivity index (χ1v) is 8.38. The summed E-state index contributed by atoms with van der Waals surface area (Å²) in [6, 6.07) is 5.43. The Balaban J connectivity index is 1.92. The second kappa shape index (κ2) is 8.44. The van der Waals surface area contributed by atoms with Gasteiger partial charge in [-0.15, -0.1) is 0 Å². The Hall–Kier alpha value is -1.00. The lowest BCUT2D eigenvalue weighted by Gasteiger charge is -2.18. The minimum absolute atomic E-state index is 0.534. The first-order chi connectivity index (χ1) is 10.2. The third kappa shape index (κ3) is 5.04. The van der Waals surface area contributed by atoms with E-state index in [4.69, 9.17) is 33.3 Å². The molecule has 1 fully saturated rings. The van der Waals surface area contributed by atoms with Crippen LogP contribution in [0.15, 0.2) is 18.2 Å². The molecule has 0 spiro atoms. The molecule has 0 saturated carbocycles. The van der Waals surface area contributed by atoms with Gasteiger partial charge in [-0.05, 0) is 43.6 Å². The fourth-order valence-corrected chi connectivity index (χ4v) is 2.71. The Morgan fingerprint density at radius 1 is 1.29 bits per heavy atom. The molecule has 1 aromatic carbocycles. The number of likely N-dealkylation sites (tertiary alicyclic amines) is 1. The molecule has 0 N–H and O–H groups in total. The Morgan fingerprint density at radius 2 is 2.05 bits per heavy atom. The van der Waals surface area contributed by atoms with Crippen LogP contribution >= 0.6 is 23.8 Å². The summed E-state index contributed by atoms with van der Waals surface area (Å²) >= 11 is 11.5. The van der Waals surface area contributed by atoms with E-state index in [1.54, 1.807) is 6.07 Å². The number of benzene rings is 1. The van der Waals surface area contributed by atoms with E-state index in [-0.39, 0.29) is 0 Å². The molecule has 0 amide bonds. The molecule has 3 nitrogen and oxygen atoms in total. The largest absolute Gasteiger partial charge is 0.492 e. The molecule has 5 heteroatoms. The van der Waals surface area contributed by atoms with Gasteiger partial charge in [0.1, 0.15) is 11.5 Å². The summed E-state index contributed by atoms with van der Waals surface area (Å²) in [4.78, 5) is 2.09. The number of halogens is 1. The summed E-state index contributed by atoms with van der Waals surface area (Å²) in [7, 11) is 0. The van der Waals surface area contributed by atoms with Gasteiger partial charge in [0, 0.05) is 19.2 Å². The predicted octanol–water partition coefficient (Wildman–Crippen LogP) is 4.67. The molecular formula is C16H22ClNO2S. The van der Waals surface area contributed by atoms with Gasteiger partial charge < -0.3 is 14.4 Å². The number of thiocarbonyl (C=S) groups is 1. The normalized spacial score (nSPS) is 14.3. The Kier molecular flexibility index (Phi) is 6.58. The molecule has 1 aromatic rings. The number of hydrogen-bond acceptors (Lipinski definition) is 3. The van der Waals surface area contributed by atoms with Crippen molar-refractivity contribution in [3.05, 3.63) is 23.2 Å². The summed E-state index contributed by atoms with van der Waals surface area (Å²) in [5.41, 5.74) is 0. The van der Waals surface area contributed by atoms with Crippen LogP contribution in [-0.2, 0) is 0 Å². The maximum Gasteiger partial charge on any atom is 0.264 e. The number of nitrogens with zero attached hydrogens (tertiary/aromatic N) is 1. The van der Waals surface area contributed by atoms with Gasteiger partial charge in [-0.1, -0.05) is 31.4 Å². The SMILES string of the molecule is CCCCCOc1cc(OC(=S)N2CCCC2)ccc1Cl. The minimum atomic E-state index is 0.534. The minimum Gasteiger partial charge on any atom is -0.492 e. The summed E-state index contributed by atoms with van der Waals surface area (Å²) in [5, 5.41) is 1.14. The van der Waals surface area contributed by atoms with Gasteiger partial charge in [0.15, 0.2) is 0 Å². The van der Waals surface area contributed by atoms with Crippen molar-refractivity contribution in [3.8, 4) is 11.5 Å². The van der Waals surface area contributed by atoms with Gasteiger partial charge >= 0.3 is 0 Å². The van der Waals surface area contributed by atoms with Crippen LogP contribution in [0.2, 0.25) is 5.02 Å². The average molecular weight is 328 g/mol. The van der Waals surface area contributed by atoms with Gasteiger partial charge in [0.25, 0.3) is 5.17 Å². The van der Waals surface area contributed by atoms with Crippen molar-refractivity contribution in [1.82, 2.24) is 4.90 Å². The standard InChI is InChI=1S/C16H22ClNO2S/c1-2-3-6-11-19-15-12-13(7-8-14(15)17)20-16(21)18-9-4-5-10-18/h7-8,12H,2-6,9-11H2,1H3. The van der Waals surface area contributed by atoms with Crippen molar-refractivity contribution < 1.29 is 9.47 Å².